The van der Waals surface area contributed by atoms with Gasteiger partial charge in [-0.15, -0.1) is 0 Å². The molecule has 10 fully saturated rings. The van der Waals surface area contributed by atoms with Gasteiger partial charge in [0.05, 0.1) is 97.0 Å². The van der Waals surface area contributed by atoms with Gasteiger partial charge >= 0.3 is 0 Å². The van der Waals surface area contributed by atoms with E-state index >= 15 is 0 Å². The maximum absolute atomic E-state index is 13.4. The summed E-state index contributed by atoms with van der Waals surface area (Å²) < 4.78 is 118. The summed E-state index contributed by atoms with van der Waals surface area (Å²) in [6.07, 6.45) is -100. The van der Waals surface area contributed by atoms with Crippen LogP contribution in [0.4, 0.5) is 0 Å². The molecule has 0 unspecified atom stereocenters. The standard InChI is InChI=1S/C75H125N5O55/c1-19-39(97)48(106)51(109)69(118-19)133-64-49(107)41(99)27(9-83)121-73(64)130-58-30(12-86)122-65(36(45(58)103)78-21(3)92)117-17-34-44(102)62(132-67-38(80-23(5)94)47(105)57(32(14-88)124-67)128-72-55(113)63(43(101)29(11-85)120-72)135-75(74(114)115)6-25(95)35(77-20(2)91)60(134-75)40(98)26(96)8-82)54(112)71(126-34)127-56-31(13-87)123-66(37(46(56)104)79-22(4)93)131-61-42(100)28(10-84)119-70(53(61)111)129-59-33(15-89)125-68(52(110)50(59)108)116-16-24(7-81)76-18-90/h18-19,24-73,81-89,95-113H,6-17H2,1-5H3,(H,76,90)(H,77,91)(H,78,92)(H,79,93)(H,80,94)(H,114,115)/p-1/t19-,24+,25-,26+,27+,28+,29+,30+,31+,32+,33+,34+,35+,36+,37+,38+,39+,40+,41-,42-,43-,44-,45+,46+,47+,48+,49-,50+,51-,52+,53+,54+,55+,56+,57+,58+,59+,60+,61-,62-,63-,64+,65+,66-,67+,68+,69-,70-,71-,72-,73-,75-/m0/s1. The lowest BCUT2D eigenvalue weighted by Gasteiger charge is -2.52. The molecule has 10 heterocycles. The summed E-state index contributed by atoms with van der Waals surface area (Å²) >= 11 is 0. The van der Waals surface area contributed by atoms with E-state index in [0.717, 1.165) is 27.7 Å². The van der Waals surface area contributed by atoms with E-state index in [2.05, 4.69) is 26.6 Å². The molecule has 0 spiro atoms. The third-order valence-corrected chi connectivity index (χ3v) is 24.4. The summed E-state index contributed by atoms with van der Waals surface area (Å²) in [5.74, 6) is -9.91. The Balaban J connectivity index is 0.954. The average Bonchev–Trinajstić information content (AvgIpc) is 0.745. The van der Waals surface area contributed by atoms with Crippen molar-refractivity contribution in [3.05, 3.63) is 0 Å². The average molecular weight is 1980 g/mol. The third kappa shape index (κ3) is 25.2. The summed E-state index contributed by atoms with van der Waals surface area (Å²) in [5, 5.41) is 339. The van der Waals surface area contributed by atoms with E-state index in [9.17, 15) is 177 Å². The highest BCUT2D eigenvalue weighted by molar-refractivity contribution is 5.76. The quantitative estimate of drug-likeness (QED) is 0.0253. The summed E-state index contributed by atoms with van der Waals surface area (Å²) in [6.45, 7) is -7.17. The smallest absolute Gasteiger partial charge is 0.217 e. The first-order valence-corrected chi connectivity index (χ1v) is 42.8. The number of nitrogens with one attached hydrogen (secondary N) is 5. The zero-order chi connectivity index (χ0) is 99.7. The van der Waals surface area contributed by atoms with Crippen LogP contribution in [0, 0.1) is 0 Å². The molecule has 60 nitrogen and oxygen atoms in total. The van der Waals surface area contributed by atoms with Crippen molar-refractivity contribution < 1.29 is 272 Å². The Morgan fingerprint density at radius 2 is 0.711 bits per heavy atom. The first-order valence-electron chi connectivity index (χ1n) is 42.8. The van der Waals surface area contributed by atoms with Gasteiger partial charge in [-0.1, -0.05) is 0 Å². The molecule has 10 aliphatic rings. The molecule has 60 heteroatoms. The Morgan fingerprint density at radius 3 is 1.15 bits per heavy atom. The Kier molecular flexibility index (Phi) is 40.8. The van der Waals surface area contributed by atoms with Gasteiger partial charge in [-0.3, -0.25) is 24.0 Å². The number of hydrogen-bond donors (Lipinski definition) is 33. The molecule has 0 radical (unpaired) electrons. The van der Waals surface area contributed by atoms with Gasteiger partial charge in [-0.2, -0.15) is 0 Å². The van der Waals surface area contributed by atoms with Gasteiger partial charge in [0.25, 0.3) is 0 Å². The number of rotatable bonds is 40. The predicted molar refractivity (Wildman–Crippen MR) is 413 cm³/mol. The molecule has 10 rings (SSSR count). The monoisotopic (exact) mass is 1970 g/mol. The Morgan fingerprint density at radius 1 is 0.363 bits per heavy atom. The Hall–Kier alpha value is -5.10. The number of ether oxygens (including phenoxy) is 20. The van der Waals surface area contributed by atoms with Crippen molar-refractivity contribution in [3.8, 4) is 0 Å². The molecule has 10 aliphatic heterocycles. The number of amides is 5. The fourth-order valence-electron chi connectivity index (χ4n) is 17.2. The second kappa shape index (κ2) is 49.3. The minimum absolute atomic E-state index is 0.229. The van der Waals surface area contributed by atoms with Crippen LogP contribution in [-0.4, -0.2) is 570 Å². The van der Waals surface area contributed by atoms with E-state index in [-0.39, 0.29) is 6.41 Å². The van der Waals surface area contributed by atoms with Crippen molar-refractivity contribution in [2.45, 2.75) is 359 Å². The normalized spacial score (nSPS) is 46.7. The third-order valence-electron chi connectivity index (χ3n) is 24.4. The molecule has 0 saturated carbocycles. The first kappa shape index (κ1) is 112. The highest BCUT2D eigenvalue weighted by atomic mass is 16.8. The molecule has 10 saturated heterocycles. The zero-order valence-electron chi connectivity index (χ0n) is 72.6. The number of carboxylic acid groups (broad SMARTS) is 1. The van der Waals surface area contributed by atoms with Crippen molar-refractivity contribution in [1.82, 2.24) is 26.6 Å². The lowest BCUT2D eigenvalue weighted by atomic mass is 9.88. The van der Waals surface area contributed by atoms with E-state index in [1.165, 1.54) is 6.92 Å². The minimum Gasteiger partial charge on any atom is -0.544 e. The number of aliphatic hydroxyl groups is 28. The minimum atomic E-state index is -3.45. The molecule has 0 aromatic heterocycles. The van der Waals surface area contributed by atoms with E-state index < -0.39 is 427 Å². The summed E-state index contributed by atoms with van der Waals surface area (Å²) in [5.41, 5.74) is 0. The van der Waals surface area contributed by atoms with Gasteiger partial charge in [0.2, 0.25) is 35.8 Å². The number of aliphatic hydroxyl groups excluding tert-OH is 28. The van der Waals surface area contributed by atoms with Gasteiger partial charge in [0, 0.05) is 34.1 Å². The molecule has 52 atom stereocenters. The van der Waals surface area contributed by atoms with Crippen LogP contribution < -0.4 is 31.7 Å². The number of carbonyl (C=O) groups is 6. The number of carbonyl (C=O) groups excluding carboxylic acids is 6. The fraction of sp³-hybridized carbons (Fsp3) is 0.920. The van der Waals surface area contributed by atoms with Crippen molar-refractivity contribution in [2.24, 2.45) is 0 Å². The second-order valence-corrected chi connectivity index (χ2v) is 33.8. The van der Waals surface area contributed by atoms with Crippen molar-refractivity contribution in [2.75, 3.05) is 72.7 Å². The summed E-state index contributed by atoms with van der Waals surface area (Å²) in [4.78, 5) is 76.4. The van der Waals surface area contributed by atoms with E-state index in [4.69, 9.17) is 94.7 Å². The number of hydrogen-bond acceptors (Lipinski definition) is 55. The van der Waals surface area contributed by atoms with Crippen molar-refractivity contribution >= 4 is 36.0 Å². The van der Waals surface area contributed by atoms with Gasteiger partial charge in [-0.05, 0) is 6.92 Å². The van der Waals surface area contributed by atoms with Crippen LogP contribution in [0.1, 0.15) is 41.0 Å². The molecule has 33 N–H and O–H groups in total. The fourth-order valence-corrected chi connectivity index (χ4v) is 17.2. The van der Waals surface area contributed by atoms with E-state index in [0.29, 0.717) is 0 Å². The van der Waals surface area contributed by atoms with Crippen LogP contribution in [0.2, 0.25) is 0 Å². The van der Waals surface area contributed by atoms with E-state index in [1.54, 1.807) is 0 Å². The molecule has 0 aliphatic carbocycles. The molecular formula is C75H124N5O55-. The van der Waals surface area contributed by atoms with Crippen molar-refractivity contribution in [3.63, 3.8) is 0 Å². The Labute approximate surface area is 764 Å². The maximum atomic E-state index is 13.4. The summed E-state index contributed by atoms with van der Waals surface area (Å²) in [6, 6.07) is -9.10. The number of aliphatic carboxylic acids is 1. The molecule has 0 aromatic rings. The molecule has 135 heavy (non-hydrogen) atoms. The second-order valence-electron chi connectivity index (χ2n) is 33.8. The molecule has 5 amide bonds. The van der Waals surface area contributed by atoms with E-state index in [1.807, 2.05) is 0 Å². The van der Waals surface area contributed by atoms with Crippen LogP contribution in [0.5, 0.6) is 0 Å². The van der Waals surface area contributed by atoms with Crippen LogP contribution in [-0.2, 0) is 124 Å². The molecule has 0 aromatic carbocycles. The predicted octanol–water partition coefficient (Wildman–Crippen LogP) is -24.2. The molecule has 0 bridgehead atoms. The van der Waals surface area contributed by atoms with Gasteiger partial charge < -0.3 is 274 Å². The van der Waals surface area contributed by atoms with Gasteiger partial charge in [0.15, 0.2) is 56.6 Å². The number of carboxylic acids is 1. The SMILES string of the molecule is CC(=O)N[C@H]1[C@H](O[C@H]2[C@@H](O)[C@@H](CO)O[C@@H](O[C@H]3[C@H](O)[C@@H](O)[C@H](OC[C@@H](CO)NC=O)O[C@@H]3CO)[C@@H]2O)O[C@H](CO)[C@@H](O[C@@H]2O[C@H](CO[C@@H]3O[C@H](CO)[C@@H](O[C@@H]4O[C@H](CO)[C@H](O)[C@H](O)[C@H]4O[C@@H]4O[C@@H](C)[C@@H](O)[C@@H](O)[C@@H]4O)[C@H](O)[C@H]3NC(C)=O)[C@H](O)[C@H](O[C@H]3O[C@H](CO)[C@@H](O[C@@H]4O[C@H](CO)[C@H](O)[C@H](O[C@]5(C(=O)[O-])C[C@H](O)[C@@H](NC(C)=O)[C@H]([C@H](O)[C@H](O)CO)O5)[C@H]4O)[C@H](O)[C@H]3NC(C)=O)[C@H]2O)[C@@H]1O. The first-order chi connectivity index (χ1) is 63.8. The lowest BCUT2D eigenvalue weighted by Crippen LogP contribution is -2.72. The van der Waals surface area contributed by atoms with Crippen LogP contribution in [0.15, 0.2) is 0 Å². The highest BCUT2D eigenvalue weighted by Gasteiger charge is 2.63. The largest absolute Gasteiger partial charge is 0.544 e. The van der Waals surface area contributed by atoms with Crippen LogP contribution in [0.25, 0.3) is 0 Å². The van der Waals surface area contributed by atoms with Gasteiger partial charge in [-0.25, -0.2) is 0 Å². The Bertz CT molecular complexity index is 3720. The maximum Gasteiger partial charge on any atom is 0.217 e. The van der Waals surface area contributed by atoms with Crippen molar-refractivity contribution in [1.29, 1.82) is 0 Å². The lowest BCUT2D eigenvalue weighted by molar-refractivity contribution is -0.412. The highest BCUT2D eigenvalue weighted by Crippen LogP contribution is 2.43. The van der Waals surface area contributed by atoms with Crippen LogP contribution >= 0.6 is 0 Å². The topological polar surface area (TPSA) is 937 Å². The zero-order valence-corrected chi connectivity index (χ0v) is 72.6. The van der Waals surface area contributed by atoms with Gasteiger partial charge in [0.1, 0.15) is 238 Å². The van der Waals surface area contributed by atoms with Crippen LogP contribution in [0.3, 0.4) is 0 Å². The molecular weight excluding hydrogens is 1850 g/mol. The summed E-state index contributed by atoms with van der Waals surface area (Å²) in [7, 11) is 0. The molecule has 780 valence electrons.